The number of carbonyl (C=O) groups excluding carboxylic acids is 2. The van der Waals surface area contributed by atoms with Crippen LogP contribution < -0.4 is 10.9 Å². The number of hydrogen-bond donors (Lipinski definition) is 1. The normalized spacial score (nSPS) is 11.9. The van der Waals surface area contributed by atoms with E-state index in [1.165, 1.54) is 18.0 Å². The fourth-order valence-electron chi connectivity index (χ4n) is 2.22. The molecule has 2 rings (SSSR count). The van der Waals surface area contributed by atoms with Crippen molar-refractivity contribution < 1.29 is 14.3 Å². The maximum atomic E-state index is 12.3. The van der Waals surface area contributed by atoms with Crippen LogP contribution >= 0.6 is 0 Å². The largest absolute Gasteiger partial charge is 0.469 e. The van der Waals surface area contributed by atoms with Crippen molar-refractivity contribution in [2.75, 3.05) is 7.11 Å². The van der Waals surface area contributed by atoms with Crippen molar-refractivity contribution in [1.29, 1.82) is 0 Å². The van der Waals surface area contributed by atoms with Gasteiger partial charge in [0.05, 0.1) is 30.8 Å². The second-order valence-electron chi connectivity index (χ2n) is 5.26. The number of carbonyl (C=O) groups is 2. The smallest absolute Gasteiger partial charge is 0.307 e. The molecule has 1 unspecified atom stereocenters. The van der Waals surface area contributed by atoms with Crippen molar-refractivity contribution in [3.63, 3.8) is 0 Å². The highest BCUT2D eigenvalue weighted by atomic mass is 16.5. The number of benzene rings is 1. The summed E-state index contributed by atoms with van der Waals surface area (Å²) in [6.07, 6.45) is 1.68. The number of rotatable bonds is 6. The molecule has 1 heterocycles. The molecular weight excluding hydrogens is 298 g/mol. The number of hydrogen-bond acceptors (Lipinski definition) is 5. The highest BCUT2D eigenvalue weighted by Gasteiger charge is 2.12. The number of aromatic nitrogens is 2. The Bertz CT molecular complexity index is 769. The van der Waals surface area contributed by atoms with Crippen LogP contribution in [0.5, 0.6) is 0 Å². The third-order valence-electron chi connectivity index (χ3n) is 3.42. The van der Waals surface area contributed by atoms with Crippen molar-refractivity contribution in [1.82, 2.24) is 14.9 Å². The van der Waals surface area contributed by atoms with Gasteiger partial charge < -0.3 is 10.1 Å². The standard InChI is InChI=1S/C16H19N3O4/c1-11(9-15(21)23-2)18-14(20)7-8-19-10-17-13-6-4-3-5-12(13)16(19)22/h3-6,10-11H,7-9H2,1-2H3,(H,18,20). The molecule has 7 nitrogen and oxygen atoms in total. The lowest BCUT2D eigenvalue weighted by Crippen LogP contribution is -2.35. The average molecular weight is 317 g/mol. The maximum Gasteiger partial charge on any atom is 0.307 e. The molecule has 122 valence electrons. The van der Waals surface area contributed by atoms with Gasteiger partial charge in [-0.25, -0.2) is 4.98 Å². The molecule has 0 aliphatic carbocycles. The average Bonchev–Trinajstić information content (AvgIpc) is 2.54. The molecule has 23 heavy (non-hydrogen) atoms. The van der Waals surface area contributed by atoms with Gasteiger partial charge in [0.25, 0.3) is 5.56 Å². The lowest BCUT2D eigenvalue weighted by molar-refractivity contribution is -0.141. The van der Waals surface area contributed by atoms with Crippen molar-refractivity contribution >= 4 is 22.8 Å². The van der Waals surface area contributed by atoms with Crippen LogP contribution in [0.2, 0.25) is 0 Å². The van der Waals surface area contributed by atoms with E-state index in [2.05, 4.69) is 15.0 Å². The van der Waals surface area contributed by atoms with Crippen LogP contribution in [-0.4, -0.2) is 34.6 Å². The summed E-state index contributed by atoms with van der Waals surface area (Å²) >= 11 is 0. The Balaban J connectivity index is 1.96. The highest BCUT2D eigenvalue weighted by molar-refractivity contribution is 5.78. The first-order chi connectivity index (χ1) is 11.0. The quantitative estimate of drug-likeness (QED) is 0.798. The number of methoxy groups -OCH3 is 1. The molecule has 0 saturated heterocycles. The Morgan fingerprint density at radius 3 is 2.83 bits per heavy atom. The summed E-state index contributed by atoms with van der Waals surface area (Å²) < 4.78 is 5.95. The Morgan fingerprint density at radius 1 is 1.35 bits per heavy atom. The molecule has 1 aromatic heterocycles. The van der Waals surface area contributed by atoms with Crippen molar-refractivity contribution in [3.05, 3.63) is 40.9 Å². The van der Waals surface area contributed by atoms with Crippen LogP contribution in [0.3, 0.4) is 0 Å². The van der Waals surface area contributed by atoms with E-state index in [-0.39, 0.29) is 42.9 Å². The van der Waals surface area contributed by atoms with Crippen LogP contribution in [0, 0.1) is 0 Å². The zero-order chi connectivity index (χ0) is 16.8. The van der Waals surface area contributed by atoms with Gasteiger partial charge in [0, 0.05) is 19.0 Å². The van der Waals surface area contributed by atoms with Crippen molar-refractivity contribution in [2.24, 2.45) is 0 Å². The molecule has 1 amide bonds. The third kappa shape index (κ3) is 4.38. The van der Waals surface area contributed by atoms with E-state index in [0.29, 0.717) is 10.9 Å². The third-order valence-corrected chi connectivity index (χ3v) is 3.42. The number of aryl methyl sites for hydroxylation is 1. The SMILES string of the molecule is COC(=O)CC(C)NC(=O)CCn1cnc2ccccc2c1=O. The summed E-state index contributed by atoms with van der Waals surface area (Å²) in [5.74, 6) is -0.616. The Kier molecular flexibility index (Phi) is 5.46. The summed E-state index contributed by atoms with van der Waals surface area (Å²) in [6.45, 7) is 1.95. The van der Waals surface area contributed by atoms with Gasteiger partial charge >= 0.3 is 5.97 Å². The molecule has 0 radical (unpaired) electrons. The zero-order valence-electron chi connectivity index (χ0n) is 13.1. The topological polar surface area (TPSA) is 90.3 Å². The fraction of sp³-hybridized carbons (Fsp3) is 0.375. The predicted molar refractivity (Wildman–Crippen MR) is 84.9 cm³/mol. The highest BCUT2D eigenvalue weighted by Crippen LogP contribution is 2.05. The van der Waals surface area contributed by atoms with Gasteiger partial charge in [-0.3, -0.25) is 19.0 Å². The Labute approximate surface area is 133 Å². The Morgan fingerprint density at radius 2 is 2.09 bits per heavy atom. The summed E-state index contributed by atoms with van der Waals surface area (Å²) in [6, 6.07) is 6.75. The molecule has 0 spiro atoms. The van der Waals surface area contributed by atoms with Crippen LogP contribution in [0.15, 0.2) is 35.4 Å². The van der Waals surface area contributed by atoms with Gasteiger partial charge in [-0.2, -0.15) is 0 Å². The van der Waals surface area contributed by atoms with Crippen LogP contribution in [0.4, 0.5) is 0 Å². The molecule has 0 aliphatic heterocycles. The van der Waals surface area contributed by atoms with E-state index >= 15 is 0 Å². The monoisotopic (exact) mass is 317 g/mol. The molecule has 7 heteroatoms. The molecule has 0 bridgehead atoms. The minimum Gasteiger partial charge on any atom is -0.469 e. The number of amides is 1. The molecular formula is C16H19N3O4. The first-order valence-electron chi connectivity index (χ1n) is 7.31. The Hall–Kier alpha value is -2.70. The zero-order valence-corrected chi connectivity index (χ0v) is 13.1. The maximum absolute atomic E-state index is 12.3. The molecule has 1 N–H and O–H groups in total. The molecule has 0 aliphatic rings. The number of ether oxygens (including phenoxy) is 1. The minimum absolute atomic E-state index is 0.111. The van der Waals surface area contributed by atoms with Gasteiger partial charge in [-0.05, 0) is 19.1 Å². The van der Waals surface area contributed by atoms with Crippen LogP contribution in [-0.2, 0) is 20.9 Å². The van der Waals surface area contributed by atoms with Gasteiger partial charge in [0.15, 0.2) is 0 Å². The van der Waals surface area contributed by atoms with Crippen LogP contribution in [0.25, 0.3) is 10.9 Å². The summed E-state index contributed by atoms with van der Waals surface area (Å²) in [5.41, 5.74) is 0.455. The predicted octanol–water partition coefficient (Wildman–Crippen LogP) is 0.854. The molecule has 1 atom stereocenters. The second-order valence-corrected chi connectivity index (χ2v) is 5.26. The van der Waals surface area contributed by atoms with E-state index < -0.39 is 0 Å². The first-order valence-corrected chi connectivity index (χ1v) is 7.31. The second kappa shape index (κ2) is 7.53. The number of nitrogens with zero attached hydrogens (tertiary/aromatic N) is 2. The van der Waals surface area contributed by atoms with Gasteiger partial charge in [0.1, 0.15) is 0 Å². The van der Waals surface area contributed by atoms with Crippen molar-refractivity contribution in [2.45, 2.75) is 32.4 Å². The number of nitrogens with one attached hydrogen (secondary N) is 1. The molecule has 1 aromatic carbocycles. The molecule has 0 saturated carbocycles. The fourth-order valence-corrected chi connectivity index (χ4v) is 2.22. The summed E-state index contributed by atoms with van der Waals surface area (Å²) in [7, 11) is 1.30. The minimum atomic E-state index is -0.382. The van der Waals surface area contributed by atoms with Crippen LogP contribution in [0.1, 0.15) is 19.8 Å². The van der Waals surface area contributed by atoms with E-state index in [0.717, 1.165) is 0 Å². The first kappa shape index (κ1) is 16.7. The lowest BCUT2D eigenvalue weighted by atomic mass is 10.2. The lowest BCUT2D eigenvalue weighted by Gasteiger charge is -2.13. The van der Waals surface area contributed by atoms with E-state index in [1.54, 1.807) is 25.1 Å². The number of esters is 1. The van der Waals surface area contributed by atoms with Gasteiger partial charge in [-0.15, -0.1) is 0 Å². The molecule has 2 aromatic rings. The summed E-state index contributed by atoms with van der Waals surface area (Å²) in [5, 5.41) is 3.22. The summed E-state index contributed by atoms with van der Waals surface area (Å²) in [4.78, 5) is 39.5. The number of para-hydroxylation sites is 1. The van der Waals surface area contributed by atoms with E-state index in [4.69, 9.17) is 0 Å². The number of fused-ring (bicyclic) bond motifs is 1. The van der Waals surface area contributed by atoms with Gasteiger partial charge in [-0.1, -0.05) is 12.1 Å². The van der Waals surface area contributed by atoms with Crippen molar-refractivity contribution in [3.8, 4) is 0 Å². The van der Waals surface area contributed by atoms with Gasteiger partial charge in [0.2, 0.25) is 5.91 Å². The van der Waals surface area contributed by atoms with E-state index in [9.17, 15) is 14.4 Å². The molecule has 0 fully saturated rings. The van der Waals surface area contributed by atoms with E-state index in [1.807, 2.05) is 6.07 Å².